The largest absolute Gasteiger partial charge is 0.487 e. The highest BCUT2D eigenvalue weighted by Gasteiger charge is 2.09. The van der Waals surface area contributed by atoms with Gasteiger partial charge in [-0.05, 0) is 49.7 Å². The van der Waals surface area contributed by atoms with Gasteiger partial charge in [-0.15, -0.1) is 0 Å². The zero-order valence-electron chi connectivity index (χ0n) is 16.6. The number of anilines is 1. The van der Waals surface area contributed by atoms with Gasteiger partial charge in [-0.3, -0.25) is 9.59 Å². The van der Waals surface area contributed by atoms with Crippen LogP contribution in [0.4, 0.5) is 5.69 Å². The van der Waals surface area contributed by atoms with E-state index in [9.17, 15) is 9.59 Å². The molecule has 0 bridgehead atoms. The Labute approximate surface area is 177 Å². The molecule has 4 rings (SSSR count). The predicted octanol–water partition coefficient (Wildman–Crippen LogP) is 3.85. The Hall–Kier alpha value is -3.52. The molecule has 0 aliphatic rings. The molecule has 2 aromatic heterocycles. The molecule has 1 N–H and O–H groups in total. The number of aromatic nitrogens is 3. The first-order chi connectivity index (χ1) is 14.5. The molecule has 0 spiro atoms. The summed E-state index contributed by atoms with van der Waals surface area (Å²) >= 11 is 1.40. The Bertz CT molecular complexity index is 1260. The fourth-order valence-electron chi connectivity index (χ4n) is 2.89. The Kier molecular flexibility index (Phi) is 5.58. The maximum absolute atomic E-state index is 12.3. The highest BCUT2D eigenvalue weighted by molar-refractivity contribution is 7.16. The van der Waals surface area contributed by atoms with Crippen molar-refractivity contribution in [3.05, 3.63) is 86.8 Å². The van der Waals surface area contributed by atoms with E-state index >= 15 is 0 Å². The van der Waals surface area contributed by atoms with Gasteiger partial charge < -0.3 is 10.1 Å². The molecule has 152 valence electrons. The number of ether oxygens (including phenoxy) is 1. The molecule has 2 aromatic carbocycles. The first kappa shape index (κ1) is 19.8. The number of fused-ring (bicyclic) bond motifs is 1. The molecule has 0 unspecified atom stereocenters. The number of benzene rings is 2. The van der Waals surface area contributed by atoms with Gasteiger partial charge >= 0.3 is 0 Å². The van der Waals surface area contributed by atoms with Crippen LogP contribution in [0.1, 0.15) is 33.5 Å². The highest BCUT2D eigenvalue weighted by atomic mass is 32.1. The lowest BCUT2D eigenvalue weighted by Gasteiger charge is -2.08. The van der Waals surface area contributed by atoms with Crippen molar-refractivity contribution < 1.29 is 9.53 Å². The van der Waals surface area contributed by atoms with Crippen LogP contribution in [-0.2, 0) is 13.0 Å². The minimum atomic E-state index is -0.219. The number of nitrogens with zero attached hydrogens (tertiary/aromatic N) is 3. The Morgan fingerprint density at radius 3 is 2.70 bits per heavy atom. The predicted molar refractivity (Wildman–Crippen MR) is 116 cm³/mol. The third kappa shape index (κ3) is 4.38. The van der Waals surface area contributed by atoms with E-state index in [0.717, 1.165) is 17.0 Å². The fraction of sp³-hybridized carbons (Fsp3) is 0.182. The van der Waals surface area contributed by atoms with Crippen molar-refractivity contribution in [2.75, 3.05) is 5.32 Å². The zero-order chi connectivity index (χ0) is 21.1. The monoisotopic (exact) mass is 420 g/mol. The van der Waals surface area contributed by atoms with Gasteiger partial charge in [0.2, 0.25) is 4.96 Å². The first-order valence-corrected chi connectivity index (χ1v) is 10.3. The minimum Gasteiger partial charge on any atom is -0.487 e. The van der Waals surface area contributed by atoms with Gasteiger partial charge in [0, 0.05) is 17.3 Å². The van der Waals surface area contributed by atoms with Crippen molar-refractivity contribution in [1.29, 1.82) is 0 Å². The number of hydrogen-bond donors (Lipinski definition) is 1. The van der Waals surface area contributed by atoms with Crippen LogP contribution < -0.4 is 15.6 Å². The minimum absolute atomic E-state index is 0.165. The van der Waals surface area contributed by atoms with Crippen molar-refractivity contribution in [3.63, 3.8) is 0 Å². The average Bonchev–Trinajstić information content (AvgIpc) is 3.17. The topological polar surface area (TPSA) is 85.6 Å². The summed E-state index contributed by atoms with van der Waals surface area (Å²) < 4.78 is 7.07. The molecule has 0 fully saturated rings. The second-order valence-electron chi connectivity index (χ2n) is 6.77. The van der Waals surface area contributed by atoms with Crippen molar-refractivity contribution in [2.45, 2.75) is 26.9 Å². The summed E-state index contributed by atoms with van der Waals surface area (Å²) in [6, 6.07) is 15.9. The summed E-state index contributed by atoms with van der Waals surface area (Å²) in [7, 11) is 0. The molecule has 0 aliphatic carbocycles. The van der Waals surface area contributed by atoms with Crippen LogP contribution in [0.5, 0.6) is 5.75 Å². The SMILES string of the molecule is CCc1nn2c(=O)cc(COc3ccc(NC(=O)c4cccc(C)c4)cc3)nc2s1. The summed E-state index contributed by atoms with van der Waals surface area (Å²) in [5.41, 5.74) is 2.63. The number of aryl methyl sites for hydroxylation is 2. The summed E-state index contributed by atoms with van der Waals surface area (Å²) in [6.07, 6.45) is 0.756. The molecule has 0 aliphatic heterocycles. The molecule has 0 saturated carbocycles. The maximum Gasteiger partial charge on any atom is 0.275 e. The lowest BCUT2D eigenvalue weighted by atomic mass is 10.1. The highest BCUT2D eigenvalue weighted by Crippen LogP contribution is 2.18. The summed E-state index contributed by atoms with van der Waals surface area (Å²) in [6.45, 7) is 4.10. The molecule has 2 heterocycles. The Balaban J connectivity index is 1.41. The van der Waals surface area contributed by atoms with Crippen LogP contribution in [0.3, 0.4) is 0 Å². The maximum atomic E-state index is 12.3. The Morgan fingerprint density at radius 1 is 1.17 bits per heavy atom. The van der Waals surface area contributed by atoms with E-state index < -0.39 is 0 Å². The molecular weight excluding hydrogens is 400 g/mol. The lowest BCUT2D eigenvalue weighted by molar-refractivity contribution is 0.102. The average molecular weight is 420 g/mol. The lowest BCUT2D eigenvalue weighted by Crippen LogP contribution is -2.16. The molecule has 0 radical (unpaired) electrons. The van der Waals surface area contributed by atoms with E-state index in [0.29, 0.717) is 27.7 Å². The van der Waals surface area contributed by atoms with Gasteiger partial charge in [-0.2, -0.15) is 9.61 Å². The Morgan fingerprint density at radius 2 is 1.97 bits per heavy atom. The van der Waals surface area contributed by atoms with Crippen molar-refractivity contribution in [1.82, 2.24) is 14.6 Å². The number of nitrogens with one attached hydrogen (secondary N) is 1. The number of rotatable bonds is 6. The molecular formula is C22H20N4O3S. The molecule has 8 heteroatoms. The number of hydrogen-bond acceptors (Lipinski definition) is 6. The van der Waals surface area contributed by atoms with Crippen LogP contribution in [0.25, 0.3) is 4.96 Å². The van der Waals surface area contributed by atoms with Gasteiger partial charge in [-0.1, -0.05) is 36.0 Å². The third-order valence-corrected chi connectivity index (χ3v) is 5.47. The third-order valence-electron chi connectivity index (χ3n) is 4.42. The van der Waals surface area contributed by atoms with Crippen molar-refractivity contribution in [2.24, 2.45) is 0 Å². The molecule has 7 nitrogen and oxygen atoms in total. The molecule has 1 amide bonds. The molecule has 0 saturated heterocycles. The van der Waals surface area contributed by atoms with Crippen LogP contribution >= 0.6 is 11.3 Å². The van der Waals surface area contributed by atoms with E-state index in [1.54, 1.807) is 30.3 Å². The summed E-state index contributed by atoms with van der Waals surface area (Å²) in [5.74, 6) is 0.449. The fourth-order valence-corrected chi connectivity index (χ4v) is 3.75. The van der Waals surface area contributed by atoms with E-state index in [4.69, 9.17) is 4.74 Å². The smallest absolute Gasteiger partial charge is 0.275 e. The summed E-state index contributed by atoms with van der Waals surface area (Å²) in [4.78, 5) is 29.6. The van der Waals surface area contributed by atoms with Gasteiger partial charge in [-0.25, -0.2) is 4.98 Å². The van der Waals surface area contributed by atoms with E-state index in [1.165, 1.54) is 21.9 Å². The van der Waals surface area contributed by atoms with E-state index in [1.807, 2.05) is 32.0 Å². The molecule has 4 aromatic rings. The van der Waals surface area contributed by atoms with Gasteiger partial charge in [0.1, 0.15) is 17.4 Å². The van der Waals surface area contributed by atoms with Crippen LogP contribution in [0, 0.1) is 6.92 Å². The van der Waals surface area contributed by atoms with Gasteiger partial charge in [0.15, 0.2) is 0 Å². The van der Waals surface area contributed by atoms with Crippen molar-refractivity contribution >= 4 is 27.9 Å². The standard InChI is InChI=1S/C22H20N4O3S/c1-3-19-25-26-20(27)12-17(24-22(26)30-19)13-29-18-9-7-16(8-10-18)23-21(28)15-6-4-5-14(2)11-15/h4-12H,3,13H2,1-2H3,(H,23,28). The summed E-state index contributed by atoms with van der Waals surface area (Å²) in [5, 5.41) is 7.96. The molecule has 30 heavy (non-hydrogen) atoms. The quantitative estimate of drug-likeness (QED) is 0.512. The first-order valence-electron chi connectivity index (χ1n) is 9.51. The number of carbonyl (C=O) groups is 1. The van der Waals surface area contributed by atoms with E-state index in [-0.39, 0.29) is 18.1 Å². The second kappa shape index (κ2) is 8.46. The normalized spacial score (nSPS) is 10.9. The van der Waals surface area contributed by atoms with Crippen molar-refractivity contribution in [3.8, 4) is 5.75 Å². The van der Waals surface area contributed by atoms with E-state index in [2.05, 4.69) is 15.4 Å². The number of carbonyl (C=O) groups excluding carboxylic acids is 1. The van der Waals surface area contributed by atoms with Crippen LogP contribution in [-0.4, -0.2) is 20.5 Å². The second-order valence-corrected chi connectivity index (χ2v) is 7.81. The zero-order valence-corrected chi connectivity index (χ0v) is 17.4. The van der Waals surface area contributed by atoms with Crippen LogP contribution in [0.15, 0.2) is 59.4 Å². The van der Waals surface area contributed by atoms with Gasteiger partial charge in [0.25, 0.3) is 11.5 Å². The van der Waals surface area contributed by atoms with Gasteiger partial charge in [0.05, 0.1) is 5.69 Å². The molecule has 0 atom stereocenters. The van der Waals surface area contributed by atoms with Crippen LogP contribution in [0.2, 0.25) is 0 Å². The number of amides is 1.